The van der Waals surface area contributed by atoms with Crippen molar-refractivity contribution in [3.63, 3.8) is 0 Å². The molecule has 6 nitrogen and oxygen atoms in total. The van der Waals surface area contributed by atoms with Gasteiger partial charge in [0.1, 0.15) is 6.54 Å². The fourth-order valence-electron chi connectivity index (χ4n) is 0.373. The molecule has 0 saturated heterocycles. The summed E-state index contributed by atoms with van der Waals surface area (Å²) in [6.45, 7) is 0.197. The molecule has 1 rings (SSSR count). The van der Waals surface area contributed by atoms with Crippen molar-refractivity contribution in [2.75, 3.05) is 6.54 Å². The number of rotatable bonds is 0. The molecular formula is C3H4N4O2. The van der Waals surface area contributed by atoms with E-state index in [0.717, 1.165) is 0 Å². The van der Waals surface area contributed by atoms with Crippen molar-refractivity contribution in [2.24, 2.45) is 21.1 Å². The van der Waals surface area contributed by atoms with Crippen LogP contribution in [0.4, 0.5) is 4.79 Å². The summed E-state index contributed by atoms with van der Waals surface area (Å²) in [4.78, 5) is 17.6. The Bertz CT molecular complexity index is 174. The summed E-state index contributed by atoms with van der Waals surface area (Å²) in [5.74, 6) is 0.141. The van der Waals surface area contributed by atoms with Crippen LogP contribution in [-0.4, -0.2) is 18.5 Å². The average Bonchev–Trinajstić information content (AvgIpc) is 2.15. The number of carbonyl (C=O) groups is 1. The maximum atomic E-state index is 10.0. The van der Waals surface area contributed by atoms with Gasteiger partial charge in [0.25, 0.3) is 5.90 Å². The zero-order chi connectivity index (χ0) is 6.69. The SMILES string of the molecule is NC(=O)/N=C1\CN=NO1. The first-order valence-corrected chi connectivity index (χ1v) is 2.20. The van der Waals surface area contributed by atoms with E-state index in [-0.39, 0.29) is 12.4 Å². The molecule has 1 heterocycles. The number of carbonyl (C=O) groups excluding carboxylic acids is 1. The van der Waals surface area contributed by atoms with Gasteiger partial charge in [-0.25, -0.2) is 4.79 Å². The van der Waals surface area contributed by atoms with Crippen molar-refractivity contribution in [2.45, 2.75) is 0 Å². The van der Waals surface area contributed by atoms with Crippen molar-refractivity contribution >= 4 is 11.9 Å². The Labute approximate surface area is 50.4 Å². The topological polar surface area (TPSA) is 89.4 Å². The van der Waals surface area contributed by atoms with Crippen molar-refractivity contribution in [1.82, 2.24) is 0 Å². The molecule has 0 fully saturated rings. The van der Waals surface area contributed by atoms with Gasteiger partial charge in [0.2, 0.25) is 0 Å². The molecule has 2 amide bonds. The van der Waals surface area contributed by atoms with Gasteiger partial charge in [0.05, 0.1) is 0 Å². The second-order valence-electron chi connectivity index (χ2n) is 1.32. The second-order valence-corrected chi connectivity index (χ2v) is 1.32. The first-order valence-electron chi connectivity index (χ1n) is 2.20. The first kappa shape index (κ1) is 5.67. The molecule has 0 aromatic carbocycles. The summed E-state index contributed by atoms with van der Waals surface area (Å²) in [5, 5.41) is 6.49. The third kappa shape index (κ3) is 1.48. The summed E-state index contributed by atoms with van der Waals surface area (Å²) in [7, 11) is 0. The van der Waals surface area contributed by atoms with Crippen LogP contribution >= 0.6 is 0 Å². The highest BCUT2D eigenvalue weighted by atomic mass is 16.7. The number of aliphatic imine (C=N–C) groups is 1. The highest BCUT2D eigenvalue weighted by Crippen LogP contribution is 1.95. The summed E-state index contributed by atoms with van der Waals surface area (Å²) in [5.41, 5.74) is 4.68. The number of amides is 2. The molecule has 6 heteroatoms. The third-order valence-electron chi connectivity index (χ3n) is 0.645. The van der Waals surface area contributed by atoms with Crippen LogP contribution in [0.3, 0.4) is 0 Å². The van der Waals surface area contributed by atoms with Crippen LogP contribution in [0.25, 0.3) is 0 Å². The Balaban J connectivity index is 2.53. The Morgan fingerprint density at radius 3 is 3.11 bits per heavy atom. The second kappa shape index (κ2) is 2.21. The van der Waals surface area contributed by atoms with E-state index in [1.54, 1.807) is 0 Å². The van der Waals surface area contributed by atoms with Crippen LogP contribution in [0.1, 0.15) is 0 Å². The van der Waals surface area contributed by atoms with E-state index in [1.165, 1.54) is 0 Å². The highest BCUT2D eigenvalue weighted by molar-refractivity contribution is 5.91. The van der Waals surface area contributed by atoms with Gasteiger partial charge in [-0.1, -0.05) is 0 Å². The number of hydrogen-bond donors (Lipinski definition) is 1. The number of nitrogens with two attached hydrogens (primary N) is 1. The molecule has 0 aromatic rings. The Hall–Kier alpha value is -1.46. The lowest BCUT2D eigenvalue weighted by molar-refractivity contribution is 0.255. The molecule has 0 spiro atoms. The predicted octanol–water partition coefficient (Wildman–Crippen LogP) is -0.139. The fraction of sp³-hybridized carbons (Fsp3) is 0.333. The van der Waals surface area contributed by atoms with E-state index in [0.29, 0.717) is 0 Å². The van der Waals surface area contributed by atoms with Crippen LogP contribution in [0.15, 0.2) is 15.4 Å². The lowest BCUT2D eigenvalue weighted by atomic mass is 10.7. The monoisotopic (exact) mass is 128 g/mol. The molecule has 1 aliphatic heterocycles. The van der Waals surface area contributed by atoms with E-state index in [4.69, 9.17) is 0 Å². The zero-order valence-corrected chi connectivity index (χ0v) is 4.44. The highest BCUT2D eigenvalue weighted by Gasteiger charge is 2.06. The molecule has 0 aliphatic carbocycles. The van der Waals surface area contributed by atoms with Gasteiger partial charge < -0.3 is 10.6 Å². The third-order valence-corrected chi connectivity index (χ3v) is 0.645. The molecule has 0 atom stereocenters. The van der Waals surface area contributed by atoms with E-state index in [9.17, 15) is 4.79 Å². The molecule has 1 aliphatic rings. The Morgan fingerprint density at radius 1 is 1.89 bits per heavy atom. The Morgan fingerprint density at radius 2 is 2.67 bits per heavy atom. The smallest absolute Gasteiger partial charge is 0.341 e. The maximum Gasteiger partial charge on any atom is 0.341 e. The molecule has 0 aromatic heterocycles. The van der Waals surface area contributed by atoms with Gasteiger partial charge >= 0.3 is 6.03 Å². The van der Waals surface area contributed by atoms with E-state index in [2.05, 4.69) is 26.0 Å². The molecular weight excluding hydrogens is 124 g/mol. The first-order chi connectivity index (χ1) is 4.29. The minimum atomic E-state index is -0.794. The van der Waals surface area contributed by atoms with Crippen LogP contribution in [0, 0.1) is 0 Å². The van der Waals surface area contributed by atoms with Gasteiger partial charge in [-0.05, 0) is 0 Å². The summed E-state index contributed by atoms with van der Waals surface area (Å²) in [6.07, 6.45) is 0. The molecule has 0 saturated carbocycles. The summed E-state index contributed by atoms with van der Waals surface area (Å²) in [6, 6.07) is -0.794. The number of nitrogens with zero attached hydrogens (tertiary/aromatic N) is 3. The molecule has 48 valence electrons. The lowest BCUT2D eigenvalue weighted by Gasteiger charge is -1.85. The van der Waals surface area contributed by atoms with Crippen LogP contribution in [-0.2, 0) is 4.84 Å². The van der Waals surface area contributed by atoms with Gasteiger partial charge in [-0.15, -0.1) is 5.11 Å². The molecule has 9 heavy (non-hydrogen) atoms. The number of hydrogen-bond acceptors (Lipinski definition) is 4. The van der Waals surface area contributed by atoms with E-state index < -0.39 is 6.03 Å². The van der Waals surface area contributed by atoms with Crippen LogP contribution < -0.4 is 5.73 Å². The minimum Gasteiger partial charge on any atom is -0.350 e. The molecule has 0 unspecified atom stereocenters. The van der Waals surface area contributed by atoms with Crippen molar-refractivity contribution in [1.29, 1.82) is 0 Å². The molecule has 0 bridgehead atoms. The fourth-order valence-corrected chi connectivity index (χ4v) is 0.373. The Kier molecular flexibility index (Phi) is 1.39. The van der Waals surface area contributed by atoms with Gasteiger partial charge in [0.15, 0.2) is 0 Å². The van der Waals surface area contributed by atoms with E-state index >= 15 is 0 Å². The average molecular weight is 128 g/mol. The van der Waals surface area contributed by atoms with Gasteiger partial charge in [0, 0.05) is 5.28 Å². The predicted molar refractivity (Wildman–Crippen MR) is 27.8 cm³/mol. The number of urea groups is 1. The normalized spacial score (nSPS) is 20.2. The minimum absolute atomic E-state index is 0.141. The summed E-state index contributed by atoms with van der Waals surface area (Å²) < 4.78 is 0. The van der Waals surface area contributed by atoms with Crippen LogP contribution in [0.5, 0.6) is 0 Å². The van der Waals surface area contributed by atoms with Crippen LogP contribution in [0.2, 0.25) is 0 Å². The van der Waals surface area contributed by atoms with Crippen molar-refractivity contribution in [3.8, 4) is 0 Å². The standard InChI is InChI=1S/C3H4N4O2/c4-3(8)6-2-1-5-7-9-2/h1H2,(H2,4,8)/b6-2+. The zero-order valence-electron chi connectivity index (χ0n) is 4.44. The quantitative estimate of drug-likeness (QED) is 0.492. The van der Waals surface area contributed by atoms with Crippen molar-refractivity contribution in [3.05, 3.63) is 0 Å². The maximum absolute atomic E-state index is 10.0. The molecule has 2 N–H and O–H groups in total. The van der Waals surface area contributed by atoms with E-state index in [1.807, 2.05) is 0 Å². The number of primary amides is 1. The lowest BCUT2D eigenvalue weighted by Crippen LogP contribution is -2.10. The van der Waals surface area contributed by atoms with Crippen molar-refractivity contribution < 1.29 is 9.63 Å². The van der Waals surface area contributed by atoms with Gasteiger partial charge in [-0.3, -0.25) is 0 Å². The largest absolute Gasteiger partial charge is 0.350 e. The summed E-state index contributed by atoms with van der Waals surface area (Å²) >= 11 is 0. The molecule has 0 radical (unpaired) electrons. The van der Waals surface area contributed by atoms with Gasteiger partial charge in [-0.2, -0.15) is 4.99 Å².